The van der Waals surface area contributed by atoms with Crippen LogP contribution in [0, 0.1) is 13.8 Å². The predicted molar refractivity (Wildman–Crippen MR) is 95.3 cm³/mol. The summed E-state index contributed by atoms with van der Waals surface area (Å²) in [5, 5.41) is 2.20. The molecule has 23 heavy (non-hydrogen) atoms. The molecule has 1 aliphatic heterocycles. The fourth-order valence-corrected chi connectivity index (χ4v) is 3.76. The van der Waals surface area contributed by atoms with Crippen molar-refractivity contribution in [2.45, 2.75) is 26.8 Å². The van der Waals surface area contributed by atoms with Crippen LogP contribution >= 0.6 is 11.3 Å². The van der Waals surface area contributed by atoms with Gasteiger partial charge in [0.25, 0.3) is 0 Å². The molecule has 0 aliphatic carbocycles. The van der Waals surface area contributed by atoms with E-state index in [1.807, 2.05) is 0 Å². The third-order valence-corrected chi connectivity index (χ3v) is 5.26. The van der Waals surface area contributed by atoms with Crippen LogP contribution in [0.3, 0.4) is 0 Å². The third kappa shape index (κ3) is 4.31. The number of morpholine rings is 1. The predicted octanol–water partition coefficient (Wildman–Crippen LogP) is 3.12. The van der Waals surface area contributed by atoms with Crippen LogP contribution in [0.15, 0.2) is 34.6 Å². The molecule has 1 aromatic heterocycles. The molecule has 3 rings (SSSR count). The molecule has 124 valence electrons. The lowest BCUT2D eigenvalue weighted by molar-refractivity contribution is 0.0369. The number of rotatable bonds is 5. The maximum absolute atomic E-state index is 5.41. The number of aromatic nitrogens is 1. The van der Waals surface area contributed by atoms with E-state index in [0.717, 1.165) is 56.3 Å². The van der Waals surface area contributed by atoms with E-state index >= 15 is 0 Å². The lowest BCUT2D eigenvalue weighted by Gasteiger charge is -2.26. The zero-order valence-corrected chi connectivity index (χ0v) is 14.8. The summed E-state index contributed by atoms with van der Waals surface area (Å²) in [6.45, 7) is 10.3. The molecule has 4 nitrogen and oxygen atoms in total. The van der Waals surface area contributed by atoms with E-state index in [-0.39, 0.29) is 0 Å². The quantitative estimate of drug-likeness (QED) is 0.842. The molecule has 0 bridgehead atoms. The minimum absolute atomic E-state index is 0.874. The molecule has 2 heterocycles. The molecule has 1 aromatic carbocycles. The Hall–Kier alpha value is -1.43. The van der Waals surface area contributed by atoms with Gasteiger partial charge in [-0.25, -0.2) is 4.99 Å². The molecule has 1 fully saturated rings. The highest BCUT2D eigenvalue weighted by molar-refractivity contribution is 7.07. The van der Waals surface area contributed by atoms with Crippen LogP contribution in [0.2, 0.25) is 0 Å². The minimum atomic E-state index is 0.874. The first-order valence-corrected chi connectivity index (χ1v) is 9.17. The van der Waals surface area contributed by atoms with Crippen LogP contribution < -0.4 is 4.80 Å². The van der Waals surface area contributed by atoms with Gasteiger partial charge in [-0.1, -0.05) is 18.2 Å². The molecule has 1 aliphatic rings. The number of ether oxygens (including phenoxy) is 1. The molecule has 0 saturated carbocycles. The van der Waals surface area contributed by atoms with Crippen LogP contribution in [0.4, 0.5) is 5.69 Å². The van der Waals surface area contributed by atoms with Gasteiger partial charge >= 0.3 is 0 Å². The Bertz CT molecular complexity index is 698. The fraction of sp³-hybridized carbons (Fsp3) is 0.500. The number of nitrogens with zero attached hydrogens (tertiary/aromatic N) is 3. The summed E-state index contributed by atoms with van der Waals surface area (Å²) in [6.07, 6.45) is 1.15. The molecule has 1 saturated heterocycles. The topological polar surface area (TPSA) is 29.8 Å². The molecular weight excluding hydrogens is 306 g/mol. The molecule has 0 radical (unpaired) electrons. The number of benzene rings is 1. The second-order valence-electron chi connectivity index (χ2n) is 6.02. The monoisotopic (exact) mass is 331 g/mol. The average molecular weight is 331 g/mol. The first-order valence-electron chi connectivity index (χ1n) is 8.29. The Balaban J connectivity index is 1.70. The second-order valence-corrected chi connectivity index (χ2v) is 6.85. The lowest BCUT2D eigenvalue weighted by Crippen LogP contribution is -2.37. The van der Waals surface area contributed by atoms with Crippen molar-refractivity contribution in [1.29, 1.82) is 0 Å². The smallest absolute Gasteiger partial charge is 0.190 e. The normalized spacial score (nSPS) is 16.9. The lowest BCUT2D eigenvalue weighted by atomic mass is 10.2. The molecular formula is C18H25N3OS. The Morgan fingerprint density at radius 3 is 2.70 bits per heavy atom. The Morgan fingerprint density at radius 1 is 1.13 bits per heavy atom. The van der Waals surface area contributed by atoms with E-state index in [0.29, 0.717) is 0 Å². The highest BCUT2D eigenvalue weighted by Gasteiger charge is 2.10. The number of thiazole rings is 1. The first kappa shape index (κ1) is 16.4. The largest absolute Gasteiger partial charge is 0.379 e. The van der Waals surface area contributed by atoms with Crippen molar-refractivity contribution in [3.8, 4) is 0 Å². The summed E-state index contributed by atoms with van der Waals surface area (Å²) in [7, 11) is 0. The van der Waals surface area contributed by atoms with Gasteiger partial charge in [0.1, 0.15) is 0 Å². The Morgan fingerprint density at radius 2 is 1.91 bits per heavy atom. The maximum Gasteiger partial charge on any atom is 0.190 e. The van der Waals surface area contributed by atoms with Gasteiger partial charge < -0.3 is 9.30 Å². The summed E-state index contributed by atoms with van der Waals surface area (Å²) in [5.74, 6) is 0. The van der Waals surface area contributed by atoms with E-state index in [4.69, 9.17) is 9.73 Å². The van der Waals surface area contributed by atoms with Gasteiger partial charge in [0.2, 0.25) is 0 Å². The number of aryl methyl sites for hydroxylation is 2. The van der Waals surface area contributed by atoms with Gasteiger partial charge in [-0.15, -0.1) is 11.3 Å². The van der Waals surface area contributed by atoms with Gasteiger partial charge in [-0.05, 0) is 31.9 Å². The third-order valence-electron chi connectivity index (χ3n) is 4.28. The highest BCUT2D eigenvalue weighted by atomic mass is 32.1. The molecule has 0 spiro atoms. The van der Waals surface area contributed by atoms with E-state index in [1.54, 1.807) is 11.3 Å². The van der Waals surface area contributed by atoms with Crippen LogP contribution in [-0.2, 0) is 11.3 Å². The minimum Gasteiger partial charge on any atom is -0.379 e. The van der Waals surface area contributed by atoms with Crippen molar-refractivity contribution in [2.75, 3.05) is 32.8 Å². The van der Waals surface area contributed by atoms with Crippen LogP contribution in [-0.4, -0.2) is 42.3 Å². The van der Waals surface area contributed by atoms with Crippen LogP contribution in [0.5, 0.6) is 0 Å². The zero-order valence-electron chi connectivity index (χ0n) is 14.0. The van der Waals surface area contributed by atoms with Gasteiger partial charge in [-0.2, -0.15) is 0 Å². The summed E-state index contributed by atoms with van der Waals surface area (Å²) < 4.78 is 7.75. The van der Waals surface area contributed by atoms with Gasteiger partial charge in [0, 0.05) is 37.3 Å². The standard InChI is InChI=1S/C18H25N3OS/c1-15-6-3-4-7-17(15)19-18-21(16(2)14-23-18)9-5-8-20-10-12-22-13-11-20/h3-4,6-7,14H,5,8-13H2,1-2H3. The molecule has 2 aromatic rings. The van der Waals surface area contributed by atoms with Crippen LogP contribution in [0.1, 0.15) is 17.7 Å². The summed E-state index contributed by atoms with van der Waals surface area (Å²) in [4.78, 5) is 8.46. The highest BCUT2D eigenvalue weighted by Crippen LogP contribution is 2.16. The van der Waals surface area contributed by atoms with E-state index in [2.05, 4.69) is 53.0 Å². The van der Waals surface area contributed by atoms with E-state index in [1.165, 1.54) is 11.3 Å². The SMILES string of the molecule is Cc1ccccc1N=c1scc(C)n1CCCN1CCOCC1. The zero-order chi connectivity index (χ0) is 16.1. The van der Waals surface area contributed by atoms with Crippen molar-refractivity contribution in [3.63, 3.8) is 0 Å². The van der Waals surface area contributed by atoms with Crippen molar-refractivity contribution >= 4 is 17.0 Å². The first-order chi connectivity index (χ1) is 11.2. The van der Waals surface area contributed by atoms with Gasteiger partial charge in [0.15, 0.2) is 4.80 Å². The molecule has 5 heteroatoms. The van der Waals surface area contributed by atoms with Gasteiger partial charge in [-0.3, -0.25) is 4.90 Å². The van der Waals surface area contributed by atoms with Crippen molar-refractivity contribution < 1.29 is 4.74 Å². The fourth-order valence-electron chi connectivity index (χ4n) is 2.84. The number of hydrogen-bond acceptors (Lipinski definition) is 4. The molecule has 0 unspecified atom stereocenters. The summed E-state index contributed by atoms with van der Waals surface area (Å²) in [6, 6.07) is 8.31. The summed E-state index contributed by atoms with van der Waals surface area (Å²) >= 11 is 1.73. The average Bonchev–Trinajstić information content (AvgIpc) is 2.91. The van der Waals surface area contributed by atoms with Crippen molar-refractivity contribution in [2.24, 2.45) is 4.99 Å². The van der Waals surface area contributed by atoms with Gasteiger partial charge in [0.05, 0.1) is 18.9 Å². The second kappa shape index (κ2) is 7.90. The Labute approximate surface area is 142 Å². The number of hydrogen-bond donors (Lipinski definition) is 0. The summed E-state index contributed by atoms with van der Waals surface area (Å²) in [5.41, 5.74) is 3.58. The Kier molecular flexibility index (Phi) is 5.65. The van der Waals surface area contributed by atoms with E-state index in [9.17, 15) is 0 Å². The molecule has 0 atom stereocenters. The van der Waals surface area contributed by atoms with E-state index < -0.39 is 0 Å². The molecule has 0 N–H and O–H groups in total. The van der Waals surface area contributed by atoms with Crippen molar-refractivity contribution in [3.05, 3.63) is 45.7 Å². The number of para-hydroxylation sites is 1. The maximum atomic E-state index is 5.41. The van der Waals surface area contributed by atoms with Crippen LogP contribution in [0.25, 0.3) is 0 Å². The molecule has 0 amide bonds. The van der Waals surface area contributed by atoms with Crippen molar-refractivity contribution in [1.82, 2.24) is 9.47 Å².